The molecule has 0 saturated heterocycles. The molecule has 1 heterocycles. The summed E-state index contributed by atoms with van der Waals surface area (Å²) in [6.07, 6.45) is 0. The number of phenolic OH excluding ortho intramolecular Hbond substituents is 1. The molecule has 7 heteroatoms. The highest BCUT2D eigenvalue weighted by Crippen LogP contribution is 2.28. The number of hydrogen-bond acceptors (Lipinski definition) is 5. The Labute approximate surface area is 140 Å². The number of aryl methyl sites for hydroxylation is 1. The number of aromatic hydroxyl groups is 1. The molecular weight excluding hydrogens is 308 g/mol. The van der Waals surface area contributed by atoms with Crippen molar-refractivity contribution in [2.24, 2.45) is 12.5 Å². The summed E-state index contributed by atoms with van der Waals surface area (Å²) in [5.41, 5.74) is -0.318. The molecule has 0 saturated carbocycles. The average Bonchev–Trinajstić information content (AvgIpc) is 2.49. The number of aromatic nitrogens is 2. The molecule has 2 rings (SSSR count). The van der Waals surface area contributed by atoms with Gasteiger partial charge in [-0.2, -0.15) is 0 Å². The Kier molecular flexibility index (Phi) is 4.73. The van der Waals surface area contributed by atoms with Crippen molar-refractivity contribution in [1.82, 2.24) is 9.78 Å². The summed E-state index contributed by atoms with van der Waals surface area (Å²) in [7, 11) is 1.47. The molecule has 0 radical (unpaired) electrons. The Balaban J connectivity index is 2.55. The number of nitrogens with one attached hydrogen (secondary N) is 3. The van der Waals surface area contributed by atoms with E-state index in [1.807, 2.05) is 27.7 Å². The van der Waals surface area contributed by atoms with Crippen LogP contribution >= 0.6 is 0 Å². The van der Waals surface area contributed by atoms with E-state index in [9.17, 15) is 14.7 Å². The topological polar surface area (TPSA) is 99.1 Å². The molecule has 0 aliphatic rings. The van der Waals surface area contributed by atoms with Crippen molar-refractivity contribution >= 4 is 17.1 Å². The van der Waals surface area contributed by atoms with Gasteiger partial charge in [0.2, 0.25) is 0 Å². The fraction of sp³-hybridized carbons (Fsp3) is 0.412. The lowest BCUT2D eigenvalue weighted by atomic mass is 9.88. The van der Waals surface area contributed by atoms with E-state index in [2.05, 4.69) is 15.7 Å². The first-order chi connectivity index (χ1) is 11.1. The van der Waals surface area contributed by atoms with E-state index in [0.717, 1.165) is 4.68 Å². The van der Waals surface area contributed by atoms with Gasteiger partial charge in [-0.1, -0.05) is 32.9 Å². The first kappa shape index (κ1) is 17.7. The second kappa shape index (κ2) is 6.43. The first-order valence-corrected chi connectivity index (χ1v) is 7.76. The van der Waals surface area contributed by atoms with Crippen LogP contribution in [0.5, 0.6) is 5.75 Å². The van der Waals surface area contributed by atoms with Crippen LogP contribution in [0.1, 0.15) is 27.7 Å². The zero-order chi connectivity index (χ0) is 18.1. The van der Waals surface area contributed by atoms with E-state index in [-0.39, 0.29) is 28.6 Å². The molecule has 0 aliphatic heterocycles. The highest BCUT2D eigenvalue weighted by Gasteiger charge is 2.23. The highest BCUT2D eigenvalue weighted by molar-refractivity contribution is 5.75. The molecule has 0 amide bonds. The molecule has 4 N–H and O–H groups in total. The standard InChI is InChI=1S/C17H24N4O3/c1-10(17(2,3)4)18-13-14(16(24)21(5)20-15(13)23)19-11-8-6-7-9-12(11)22/h6-10,18-19,22H,1-5H3,(H,20,23). The van der Waals surface area contributed by atoms with Crippen LogP contribution < -0.4 is 21.8 Å². The van der Waals surface area contributed by atoms with Gasteiger partial charge in [-0.25, -0.2) is 0 Å². The number of phenols is 1. The SMILES string of the molecule is CC(Nc1c(Nc2ccccc2O)c(=O)n(C)[nH]c1=O)C(C)(C)C. The van der Waals surface area contributed by atoms with Crippen molar-refractivity contribution in [3.63, 3.8) is 0 Å². The van der Waals surface area contributed by atoms with Gasteiger partial charge in [0.25, 0.3) is 11.1 Å². The lowest BCUT2D eigenvalue weighted by molar-refractivity contribution is 0.359. The van der Waals surface area contributed by atoms with Gasteiger partial charge in [-0.3, -0.25) is 19.4 Å². The lowest BCUT2D eigenvalue weighted by Crippen LogP contribution is -2.37. The molecule has 0 aliphatic carbocycles. The van der Waals surface area contributed by atoms with E-state index < -0.39 is 11.1 Å². The summed E-state index contributed by atoms with van der Waals surface area (Å²) in [6, 6.07) is 6.48. The molecule has 24 heavy (non-hydrogen) atoms. The van der Waals surface area contributed by atoms with Gasteiger partial charge in [0, 0.05) is 13.1 Å². The number of para-hydroxylation sites is 2. The lowest BCUT2D eigenvalue weighted by Gasteiger charge is -2.29. The number of anilines is 3. The van der Waals surface area contributed by atoms with E-state index in [0.29, 0.717) is 5.69 Å². The molecule has 130 valence electrons. The van der Waals surface area contributed by atoms with Gasteiger partial charge in [-0.05, 0) is 24.5 Å². The second-order valence-electron chi connectivity index (χ2n) is 6.93. The van der Waals surface area contributed by atoms with Crippen molar-refractivity contribution in [3.05, 3.63) is 45.0 Å². The average molecular weight is 332 g/mol. The van der Waals surface area contributed by atoms with E-state index in [1.165, 1.54) is 13.1 Å². The molecule has 2 aromatic rings. The van der Waals surface area contributed by atoms with Crippen LogP contribution in [0.2, 0.25) is 0 Å². The summed E-state index contributed by atoms with van der Waals surface area (Å²) < 4.78 is 1.11. The summed E-state index contributed by atoms with van der Waals surface area (Å²) >= 11 is 0. The molecule has 1 unspecified atom stereocenters. The van der Waals surface area contributed by atoms with E-state index >= 15 is 0 Å². The minimum Gasteiger partial charge on any atom is -0.506 e. The van der Waals surface area contributed by atoms with Gasteiger partial charge in [0.05, 0.1) is 5.69 Å². The molecule has 0 bridgehead atoms. The number of benzene rings is 1. The summed E-state index contributed by atoms with van der Waals surface area (Å²) in [4.78, 5) is 24.9. The molecule has 1 aromatic heterocycles. The Morgan fingerprint density at radius 3 is 2.38 bits per heavy atom. The van der Waals surface area contributed by atoms with Crippen molar-refractivity contribution < 1.29 is 5.11 Å². The number of hydrogen-bond donors (Lipinski definition) is 4. The third-order valence-corrected chi connectivity index (χ3v) is 4.09. The molecule has 7 nitrogen and oxygen atoms in total. The minimum absolute atomic E-state index is 0.00495. The third-order valence-electron chi connectivity index (χ3n) is 4.09. The highest BCUT2D eigenvalue weighted by atomic mass is 16.3. The first-order valence-electron chi connectivity index (χ1n) is 7.76. The number of H-pyrrole nitrogens is 1. The number of rotatable bonds is 4. The minimum atomic E-state index is -0.411. The maximum atomic E-state index is 12.5. The second-order valence-corrected chi connectivity index (χ2v) is 6.93. The van der Waals surface area contributed by atoms with Crippen molar-refractivity contribution in [2.45, 2.75) is 33.7 Å². The van der Waals surface area contributed by atoms with Crippen molar-refractivity contribution in [1.29, 1.82) is 0 Å². The number of aromatic amines is 1. The van der Waals surface area contributed by atoms with Crippen LogP contribution in [0.4, 0.5) is 17.1 Å². The van der Waals surface area contributed by atoms with Gasteiger partial charge in [0.15, 0.2) is 0 Å². The van der Waals surface area contributed by atoms with Crippen LogP contribution in [0.15, 0.2) is 33.9 Å². The molecule has 0 fully saturated rings. The Hall–Kier alpha value is -2.70. The quantitative estimate of drug-likeness (QED) is 0.644. The summed E-state index contributed by atoms with van der Waals surface area (Å²) in [5, 5.41) is 18.4. The van der Waals surface area contributed by atoms with E-state index in [1.54, 1.807) is 18.2 Å². The Morgan fingerprint density at radius 2 is 1.79 bits per heavy atom. The smallest absolute Gasteiger partial charge is 0.290 e. The summed E-state index contributed by atoms with van der Waals surface area (Å²) in [6.45, 7) is 8.06. The van der Waals surface area contributed by atoms with E-state index in [4.69, 9.17) is 0 Å². The third kappa shape index (κ3) is 3.61. The fourth-order valence-corrected chi connectivity index (χ4v) is 2.05. The maximum Gasteiger partial charge on any atom is 0.290 e. The molecule has 1 aromatic carbocycles. The Bertz CT molecular complexity index is 846. The number of nitrogens with zero attached hydrogens (tertiary/aromatic N) is 1. The van der Waals surface area contributed by atoms with Crippen LogP contribution in [0.25, 0.3) is 0 Å². The van der Waals surface area contributed by atoms with Gasteiger partial charge < -0.3 is 15.7 Å². The van der Waals surface area contributed by atoms with Gasteiger partial charge in [-0.15, -0.1) is 0 Å². The van der Waals surface area contributed by atoms with Crippen molar-refractivity contribution in [2.75, 3.05) is 10.6 Å². The zero-order valence-corrected chi connectivity index (χ0v) is 14.6. The molecule has 0 spiro atoms. The summed E-state index contributed by atoms with van der Waals surface area (Å²) in [5.74, 6) is -0.00495. The molecular formula is C17H24N4O3. The zero-order valence-electron chi connectivity index (χ0n) is 14.6. The van der Waals surface area contributed by atoms with Crippen LogP contribution in [-0.4, -0.2) is 20.9 Å². The molecule has 1 atom stereocenters. The largest absolute Gasteiger partial charge is 0.506 e. The van der Waals surface area contributed by atoms with Gasteiger partial charge >= 0.3 is 0 Å². The van der Waals surface area contributed by atoms with Gasteiger partial charge in [0.1, 0.15) is 17.1 Å². The van der Waals surface area contributed by atoms with Crippen LogP contribution in [0, 0.1) is 5.41 Å². The van der Waals surface area contributed by atoms with Crippen LogP contribution in [-0.2, 0) is 7.05 Å². The van der Waals surface area contributed by atoms with Crippen molar-refractivity contribution in [3.8, 4) is 5.75 Å². The Morgan fingerprint density at radius 1 is 1.17 bits per heavy atom. The van der Waals surface area contributed by atoms with Crippen LogP contribution in [0.3, 0.4) is 0 Å². The monoisotopic (exact) mass is 332 g/mol. The predicted molar refractivity (Wildman–Crippen MR) is 96.2 cm³/mol. The normalized spacial score (nSPS) is 12.7. The predicted octanol–water partition coefficient (Wildman–Crippen LogP) is 2.37. The maximum absolute atomic E-state index is 12.5. The fourth-order valence-electron chi connectivity index (χ4n) is 2.05.